The van der Waals surface area contributed by atoms with E-state index in [2.05, 4.69) is 77.9 Å². The highest BCUT2D eigenvalue weighted by atomic mass is 31.0. The van der Waals surface area contributed by atoms with Crippen LogP contribution in [-0.2, 0) is 10.8 Å². The van der Waals surface area contributed by atoms with Crippen LogP contribution < -0.4 is 0 Å². The third-order valence-corrected chi connectivity index (χ3v) is 5.62. The van der Waals surface area contributed by atoms with Crippen LogP contribution in [0.3, 0.4) is 0 Å². The predicted molar refractivity (Wildman–Crippen MR) is 98.4 cm³/mol. The first-order valence-corrected chi connectivity index (χ1v) is 8.74. The molecule has 0 fully saturated rings. The predicted octanol–water partition coefficient (Wildman–Crippen LogP) is 6.62. The van der Waals surface area contributed by atoms with Gasteiger partial charge in [0.05, 0.1) is 0 Å². The lowest BCUT2D eigenvalue weighted by Gasteiger charge is -2.31. The van der Waals surface area contributed by atoms with Crippen LogP contribution in [0, 0.1) is 0 Å². The van der Waals surface area contributed by atoms with Crippen LogP contribution >= 0.6 is 8.19 Å². The van der Waals surface area contributed by atoms with E-state index >= 15 is 0 Å². The number of hydrogen-bond acceptors (Lipinski definition) is 0. The molecule has 0 radical (unpaired) electrons. The van der Waals surface area contributed by atoms with Crippen molar-refractivity contribution in [2.24, 2.45) is 0 Å². The molecule has 0 aliphatic heterocycles. The minimum Gasteiger partial charge on any atom is -0.123 e. The average molecular weight is 296 g/mol. The molecule has 0 aliphatic carbocycles. The first-order valence-electron chi connectivity index (χ1n) is 7.74. The van der Waals surface area contributed by atoms with Gasteiger partial charge in [0.25, 0.3) is 0 Å². The minimum absolute atomic E-state index is 0.163. The molecule has 0 saturated carbocycles. The van der Waals surface area contributed by atoms with Gasteiger partial charge in [0.15, 0.2) is 0 Å². The van der Waals surface area contributed by atoms with E-state index in [1.165, 1.54) is 26.6 Å². The van der Waals surface area contributed by atoms with Crippen LogP contribution in [0.5, 0.6) is 0 Å². The van der Waals surface area contributed by atoms with Crippen LogP contribution in [-0.4, -0.2) is 0 Å². The first-order chi connectivity index (χ1) is 9.69. The van der Waals surface area contributed by atoms with E-state index in [-0.39, 0.29) is 10.8 Å². The zero-order valence-corrected chi connectivity index (χ0v) is 15.0. The van der Waals surface area contributed by atoms with Gasteiger partial charge in [0, 0.05) is 0 Å². The van der Waals surface area contributed by atoms with Crippen LogP contribution in [0.25, 0.3) is 21.0 Å². The van der Waals surface area contributed by atoms with Crippen molar-refractivity contribution in [1.82, 2.24) is 0 Å². The molecule has 0 nitrogen and oxygen atoms in total. The second kappa shape index (κ2) is 4.62. The van der Waals surface area contributed by atoms with E-state index in [1.54, 1.807) is 5.56 Å². The van der Waals surface area contributed by atoms with Crippen molar-refractivity contribution < 1.29 is 0 Å². The number of fused-ring (bicyclic) bond motifs is 3. The summed E-state index contributed by atoms with van der Waals surface area (Å²) >= 11 is 0. The molecule has 3 aromatic rings. The number of hydrogen-bond donors (Lipinski definition) is 0. The Labute approximate surface area is 129 Å². The molecule has 0 spiro atoms. The lowest BCUT2D eigenvalue weighted by molar-refractivity contribution is 0.535. The first kappa shape index (κ1) is 14.7. The second-order valence-electron chi connectivity index (χ2n) is 8.08. The van der Waals surface area contributed by atoms with Crippen LogP contribution in [0.2, 0.25) is 0 Å². The summed E-state index contributed by atoms with van der Waals surface area (Å²) in [4.78, 5) is 0. The summed E-state index contributed by atoms with van der Waals surface area (Å²) in [6, 6.07) is 13.7. The summed E-state index contributed by atoms with van der Waals surface area (Å²) in [5.41, 5.74) is 3.38. The maximum absolute atomic E-state index is 2.37. The van der Waals surface area contributed by atoms with Gasteiger partial charge in [-0.15, -0.1) is 8.19 Å². The van der Waals surface area contributed by atoms with Crippen LogP contribution in [0.4, 0.5) is 0 Å². The Morgan fingerprint density at radius 1 is 0.714 bits per heavy atom. The molecule has 1 heteroatoms. The van der Waals surface area contributed by atoms with E-state index in [0.717, 1.165) is 8.19 Å². The van der Waals surface area contributed by atoms with E-state index < -0.39 is 0 Å². The molecule has 1 unspecified atom stereocenters. The molecule has 0 saturated heterocycles. The quantitative estimate of drug-likeness (QED) is 0.437. The Morgan fingerprint density at radius 3 is 2.00 bits per heavy atom. The SMILES string of the molecule is CC(C)(C)c1ccc2[pH]c3ccccc3c2c1C(C)(C)C. The Kier molecular flexibility index (Phi) is 3.22. The van der Waals surface area contributed by atoms with Crippen molar-refractivity contribution in [2.75, 3.05) is 0 Å². The highest BCUT2D eigenvalue weighted by Crippen LogP contribution is 2.46. The topological polar surface area (TPSA) is 0 Å². The van der Waals surface area contributed by atoms with Gasteiger partial charge in [-0.05, 0) is 43.0 Å². The van der Waals surface area contributed by atoms with E-state index in [1.807, 2.05) is 0 Å². The molecule has 0 bridgehead atoms. The highest BCUT2D eigenvalue weighted by molar-refractivity contribution is 7.43. The zero-order valence-electron chi connectivity index (χ0n) is 14.0. The standard InChI is InChI=1S/C20H25P/c1-19(2,3)14-11-12-16-17(18(14)20(4,5)6)13-9-7-8-10-15(13)21-16/h7-12,21H,1-6H3. The van der Waals surface area contributed by atoms with Crippen molar-refractivity contribution in [3.05, 3.63) is 47.5 Å². The van der Waals surface area contributed by atoms with Crippen molar-refractivity contribution >= 4 is 29.2 Å². The monoisotopic (exact) mass is 296 g/mol. The van der Waals surface area contributed by atoms with Gasteiger partial charge < -0.3 is 0 Å². The van der Waals surface area contributed by atoms with Crippen molar-refractivity contribution in [3.8, 4) is 0 Å². The Balaban J connectivity index is 2.55. The molecule has 1 aromatic heterocycles. The third kappa shape index (κ3) is 2.40. The zero-order chi connectivity index (χ0) is 15.4. The summed E-state index contributed by atoms with van der Waals surface area (Å²) in [5.74, 6) is 0. The third-order valence-electron chi connectivity index (χ3n) is 4.23. The summed E-state index contributed by atoms with van der Waals surface area (Å²) in [7, 11) is 0.806. The molecule has 0 amide bonds. The molecule has 21 heavy (non-hydrogen) atoms. The maximum atomic E-state index is 2.37. The fourth-order valence-electron chi connectivity index (χ4n) is 3.35. The fraction of sp³-hybridized carbons (Fsp3) is 0.400. The fourth-order valence-corrected chi connectivity index (χ4v) is 4.71. The molecule has 3 rings (SSSR count). The number of benzene rings is 2. The summed E-state index contributed by atoms with van der Waals surface area (Å²) in [6.07, 6.45) is 0. The maximum Gasteiger partial charge on any atom is -0.000285 e. The molecular formula is C20H25P. The van der Waals surface area contributed by atoms with Gasteiger partial charge in [-0.3, -0.25) is 0 Å². The minimum atomic E-state index is 0.163. The summed E-state index contributed by atoms with van der Waals surface area (Å²) in [5, 5.41) is 6.00. The smallest absolute Gasteiger partial charge is 0.000285 e. The Morgan fingerprint density at radius 2 is 1.38 bits per heavy atom. The summed E-state index contributed by atoms with van der Waals surface area (Å²) in [6.45, 7) is 14.0. The molecule has 1 heterocycles. The molecular weight excluding hydrogens is 271 g/mol. The largest absolute Gasteiger partial charge is 0.123 e. The normalized spacial score (nSPS) is 13.6. The molecule has 1 atom stereocenters. The van der Waals surface area contributed by atoms with Gasteiger partial charge in [0.2, 0.25) is 0 Å². The molecule has 2 aromatic carbocycles. The van der Waals surface area contributed by atoms with Crippen LogP contribution in [0.1, 0.15) is 52.7 Å². The second-order valence-corrected chi connectivity index (χ2v) is 9.41. The van der Waals surface area contributed by atoms with E-state index in [4.69, 9.17) is 0 Å². The van der Waals surface area contributed by atoms with Crippen LogP contribution in [0.15, 0.2) is 36.4 Å². The summed E-state index contributed by atoms with van der Waals surface area (Å²) < 4.78 is 0. The van der Waals surface area contributed by atoms with Crippen molar-refractivity contribution in [3.63, 3.8) is 0 Å². The van der Waals surface area contributed by atoms with Gasteiger partial charge in [-0.2, -0.15) is 0 Å². The lowest BCUT2D eigenvalue weighted by Crippen LogP contribution is -2.22. The average Bonchev–Trinajstić information content (AvgIpc) is 2.73. The van der Waals surface area contributed by atoms with Gasteiger partial charge in [-0.25, -0.2) is 0 Å². The van der Waals surface area contributed by atoms with Gasteiger partial charge in [-0.1, -0.05) is 77.9 Å². The Bertz CT molecular complexity index is 807. The highest BCUT2D eigenvalue weighted by Gasteiger charge is 2.28. The van der Waals surface area contributed by atoms with Gasteiger partial charge in [0.1, 0.15) is 0 Å². The number of rotatable bonds is 0. The molecule has 110 valence electrons. The molecule has 0 N–H and O–H groups in total. The van der Waals surface area contributed by atoms with Crippen molar-refractivity contribution in [2.45, 2.75) is 52.4 Å². The lowest BCUT2D eigenvalue weighted by atomic mass is 9.73. The Hall–Kier alpha value is -1.26. The van der Waals surface area contributed by atoms with Crippen molar-refractivity contribution in [1.29, 1.82) is 0 Å². The molecule has 0 aliphatic rings. The van der Waals surface area contributed by atoms with Gasteiger partial charge >= 0.3 is 0 Å². The van der Waals surface area contributed by atoms with E-state index in [0.29, 0.717) is 0 Å². The van der Waals surface area contributed by atoms with E-state index in [9.17, 15) is 0 Å².